The molecule has 6 rings (SSSR count). The topological polar surface area (TPSA) is 233 Å². The lowest BCUT2D eigenvalue weighted by atomic mass is 10.1. The Morgan fingerprint density at radius 3 is 2.66 bits per heavy atom. The van der Waals surface area contributed by atoms with Crippen molar-refractivity contribution in [3.63, 3.8) is 0 Å². The average Bonchev–Trinajstić information content (AvgIpc) is 3.80. The van der Waals surface area contributed by atoms with E-state index in [2.05, 4.69) is 56.3 Å². The number of thiol groups is 2. The highest BCUT2D eigenvalue weighted by atomic mass is 32.7. The number of imidazole rings is 1. The molecule has 23 heteroatoms. The van der Waals surface area contributed by atoms with Gasteiger partial charge >= 0.3 is 13.6 Å². The summed E-state index contributed by atoms with van der Waals surface area (Å²) in [7, 11) is 1.11. The van der Waals surface area contributed by atoms with Crippen LogP contribution in [0.4, 0.5) is 10.2 Å². The third-order valence-electron chi connectivity index (χ3n) is 7.46. The SMILES string of the molecule is C=C1C[C@H](n2nnc3c(C(N)=O)cccc32)O[C@@H]1CO[P@](=O)(S)O[C@H]1[C@@H](F)[C@H](n2cnc3c(N)ncnc32)O[C@@H]1CO[P@@](=O)(S)OC. The van der Waals surface area contributed by atoms with Crippen molar-refractivity contribution < 1.29 is 45.9 Å². The predicted molar refractivity (Wildman–Crippen MR) is 169 cm³/mol. The Balaban J connectivity index is 1.16. The molecule has 18 nitrogen and oxygen atoms in total. The zero-order chi connectivity index (χ0) is 33.7. The van der Waals surface area contributed by atoms with E-state index in [0.29, 0.717) is 16.6 Å². The summed E-state index contributed by atoms with van der Waals surface area (Å²) in [6.45, 7) is -5.05. The van der Waals surface area contributed by atoms with Gasteiger partial charge in [0, 0.05) is 13.5 Å². The van der Waals surface area contributed by atoms with Crippen molar-refractivity contribution in [2.24, 2.45) is 5.73 Å². The summed E-state index contributed by atoms with van der Waals surface area (Å²) in [5.74, 6) is -0.599. The second-order valence-corrected chi connectivity index (χ2v) is 16.3. The number of amides is 1. The molecule has 0 spiro atoms. The molecular formula is C24H28FN9O9P2S2. The van der Waals surface area contributed by atoms with Crippen molar-refractivity contribution in [1.29, 1.82) is 0 Å². The zero-order valence-corrected chi connectivity index (χ0v) is 27.9. The fraction of sp³-hybridized carbons (Fsp3) is 0.417. The molecule has 1 aromatic carbocycles. The van der Waals surface area contributed by atoms with E-state index in [1.165, 1.54) is 28.0 Å². The van der Waals surface area contributed by atoms with E-state index in [-0.39, 0.29) is 35.6 Å². The number of nitrogen functional groups attached to an aromatic ring is 1. The van der Waals surface area contributed by atoms with Crippen molar-refractivity contribution in [3.8, 4) is 0 Å². The van der Waals surface area contributed by atoms with E-state index in [0.717, 1.165) is 7.11 Å². The van der Waals surface area contributed by atoms with Gasteiger partial charge in [-0.1, -0.05) is 42.4 Å². The predicted octanol–water partition coefficient (Wildman–Crippen LogP) is 3.17. The van der Waals surface area contributed by atoms with Crippen LogP contribution in [0.5, 0.6) is 0 Å². The number of benzene rings is 1. The first-order valence-corrected chi connectivity index (χ1v) is 19.1. The molecule has 0 aliphatic carbocycles. The highest BCUT2D eigenvalue weighted by Crippen LogP contribution is 2.58. The maximum absolute atomic E-state index is 16.1. The number of hydrogen-bond donors (Lipinski definition) is 4. The molecule has 1 amide bonds. The molecule has 2 fully saturated rings. The summed E-state index contributed by atoms with van der Waals surface area (Å²) in [6, 6.07) is 4.87. The molecule has 47 heavy (non-hydrogen) atoms. The monoisotopic (exact) mass is 731 g/mol. The number of ether oxygens (including phenoxy) is 2. The number of carbonyl (C=O) groups excluding carboxylic acids is 1. The summed E-state index contributed by atoms with van der Waals surface area (Å²) in [6.07, 6.45) is -5.15. The Bertz CT molecular complexity index is 1950. The number of primary amides is 1. The third kappa shape index (κ3) is 6.82. The number of fused-ring (bicyclic) bond motifs is 2. The fourth-order valence-corrected chi connectivity index (χ4v) is 7.28. The molecule has 252 valence electrons. The van der Waals surface area contributed by atoms with Crippen molar-refractivity contribution in [1.82, 2.24) is 34.5 Å². The first-order chi connectivity index (χ1) is 22.3. The van der Waals surface area contributed by atoms with Gasteiger partial charge in [0.05, 0.1) is 30.6 Å². The van der Waals surface area contributed by atoms with Gasteiger partial charge in [-0.05, 0) is 17.7 Å². The largest absolute Gasteiger partial charge is 0.386 e. The number of anilines is 1. The van der Waals surface area contributed by atoms with Gasteiger partial charge in [-0.2, -0.15) is 0 Å². The summed E-state index contributed by atoms with van der Waals surface area (Å²) in [5, 5.41) is 8.17. The highest BCUT2D eigenvalue weighted by molar-refractivity contribution is 8.44. The second kappa shape index (κ2) is 13.1. The maximum atomic E-state index is 16.1. The number of hydrogen-bond acceptors (Lipinski definition) is 15. The molecule has 4 aromatic rings. The van der Waals surface area contributed by atoms with Crippen LogP contribution in [-0.4, -0.2) is 85.2 Å². The van der Waals surface area contributed by atoms with E-state index >= 15 is 4.39 Å². The Morgan fingerprint density at radius 1 is 1.15 bits per heavy atom. The lowest BCUT2D eigenvalue weighted by Crippen LogP contribution is -2.33. The summed E-state index contributed by atoms with van der Waals surface area (Å²) >= 11 is 7.89. The fourth-order valence-electron chi connectivity index (χ4n) is 5.17. The zero-order valence-electron chi connectivity index (χ0n) is 24.3. The Hall–Kier alpha value is -2.97. The molecule has 4 N–H and O–H groups in total. The van der Waals surface area contributed by atoms with Gasteiger partial charge < -0.3 is 25.5 Å². The minimum Gasteiger partial charge on any atom is -0.382 e. The first kappa shape index (κ1) is 33.9. The lowest BCUT2D eigenvalue weighted by molar-refractivity contribution is -0.0419. The highest BCUT2D eigenvalue weighted by Gasteiger charge is 2.51. The molecule has 0 unspecified atom stereocenters. The van der Waals surface area contributed by atoms with Crippen molar-refractivity contribution in [2.75, 3.05) is 26.1 Å². The van der Waals surface area contributed by atoms with Crippen LogP contribution >= 0.6 is 38.1 Å². The molecule has 0 saturated carbocycles. The van der Waals surface area contributed by atoms with Crippen LogP contribution in [0.25, 0.3) is 22.2 Å². The van der Waals surface area contributed by atoms with Gasteiger partial charge in [-0.25, -0.2) is 33.2 Å². The van der Waals surface area contributed by atoms with Gasteiger partial charge in [0.2, 0.25) is 0 Å². The van der Waals surface area contributed by atoms with Crippen LogP contribution < -0.4 is 11.5 Å². The van der Waals surface area contributed by atoms with E-state index < -0.39 is 63.0 Å². The quantitative estimate of drug-likeness (QED) is 0.0931. The Kier molecular flexibility index (Phi) is 9.49. The van der Waals surface area contributed by atoms with Gasteiger partial charge in [0.1, 0.15) is 35.7 Å². The molecule has 2 aliphatic heterocycles. The van der Waals surface area contributed by atoms with E-state index in [9.17, 15) is 13.9 Å². The number of carbonyl (C=O) groups is 1. The van der Waals surface area contributed by atoms with Crippen molar-refractivity contribution in [3.05, 3.63) is 48.6 Å². The van der Waals surface area contributed by atoms with Crippen molar-refractivity contribution in [2.45, 2.75) is 43.4 Å². The third-order valence-corrected chi connectivity index (χ3v) is 10.8. The summed E-state index contributed by atoms with van der Waals surface area (Å²) in [5.41, 5.74) is 13.2. The normalized spacial score (nSPS) is 27.4. The van der Waals surface area contributed by atoms with Crippen LogP contribution in [0.15, 0.2) is 43.0 Å². The minimum absolute atomic E-state index is 0.0598. The van der Waals surface area contributed by atoms with Crippen LogP contribution in [0.1, 0.15) is 29.2 Å². The molecule has 0 bridgehead atoms. The number of rotatable bonds is 12. The van der Waals surface area contributed by atoms with E-state index in [1.807, 2.05) is 0 Å². The van der Waals surface area contributed by atoms with Gasteiger partial charge in [-0.15, -0.1) is 5.10 Å². The van der Waals surface area contributed by atoms with Crippen molar-refractivity contribution >= 4 is 72.0 Å². The average molecular weight is 732 g/mol. The van der Waals surface area contributed by atoms with Crippen LogP contribution in [0.2, 0.25) is 0 Å². The van der Waals surface area contributed by atoms with Gasteiger partial charge in [0.25, 0.3) is 5.91 Å². The molecule has 2 aliphatic rings. The van der Waals surface area contributed by atoms with Gasteiger partial charge in [0.15, 0.2) is 30.1 Å². The number of halogens is 1. The van der Waals surface area contributed by atoms with Crippen LogP contribution in [-0.2, 0) is 36.7 Å². The summed E-state index contributed by atoms with van der Waals surface area (Å²) < 4.78 is 77.5. The van der Waals surface area contributed by atoms with Crippen LogP contribution in [0.3, 0.4) is 0 Å². The maximum Gasteiger partial charge on any atom is 0.386 e. The molecule has 8 atom stereocenters. The van der Waals surface area contributed by atoms with E-state index in [4.69, 9.17) is 39.0 Å². The Morgan fingerprint density at radius 2 is 1.91 bits per heavy atom. The minimum atomic E-state index is -4.34. The molecule has 5 heterocycles. The Labute approximate surface area is 275 Å². The standard InChI is InChI=1S/C24H28FN9O9P2S2/c1-11-6-16(34-13-5-3-4-12(22(27)35)18(13)31-32-34)41-14(11)7-40-45(37,47)43-20-15(8-39-44(36,46)38-2)42-24(17(20)25)33-10-30-19-21(26)28-9-29-23(19)33/h3-5,9-10,14-17,20,24H,1,6-8H2,2H3,(H2,27,35)(H,36,46)(H,37,47)(H2,26,28,29)/t14-,15-,16-,17-,20-,24-,44+,45+/m1/s1. The van der Waals surface area contributed by atoms with E-state index in [1.54, 1.807) is 12.1 Å². The summed E-state index contributed by atoms with van der Waals surface area (Å²) in [4.78, 5) is 23.9. The smallest absolute Gasteiger partial charge is 0.382 e. The molecular weight excluding hydrogens is 703 g/mol. The lowest BCUT2D eigenvalue weighted by Gasteiger charge is -2.24. The molecule has 2 saturated heterocycles. The number of aromatic nitrogens is 7. The molecule has 0 radical (unpaired) electrons. The van der Waals surface area contributed by atoms with Crippen LogP contribution in [0, 0.1) is 0 Å². The molecule has 3 aromatic heterocycles. The first-order valence-electron chi connectivity index (χ1n) is 13.7. The second-order valence-electron chi connectivity index (χ2n) is 10.4. The van der Waals surface area contributed by atoms with Gasteiger partial charge in [-0.3, -0.25) is 22.9 Å². The number of alkyl halides is 1. The number of nitrogens with two attached hydrogens (primary N) is 2. The number of nitrogens with zero attached hydrogens (tertiary/aromatic N) is 7.